The van der Waals surface area contributed by atoms with Crippen LogP contribution >= 0.6 is 0 Å². The summed E-state index contributed by atoms with van der Waals surface area (Å²) in [4.78, 5) is 22.9. The summed E-state index contributed by atoms with van der Waals surface area (Å²) in [5, 5.41) is 3.36. The zero-order chi connectivity index (χ0) is 26.6. The lowest BCUT2D eigenvalue weighted by Gasteiger charge is -2.35. The number of fused-ring (bicyclic) bond motifs is 1. The number of amides is 1. The Bertz CT molecular complexity index is 1390. The fourth-order valence-corrected chi connectivity index (χ4v) is 5.97. The van der Waals surface area contributed by atoms with Crippen molar-refractivity contribution >= 4 is 22.9 Å². The Kier molecular flexibility index (Phi) is 7.59. The normalized spacial score (nSPS) is 17.5. The molecule has 2 aliphatic rings. The summed E-state index contributed by atoms with van der Waals surface area (Å²) in [7, 11) is 0. The fraction of sp³-hybridized carbons (Fsp3) is 0.375. The second-order valence-corrected chi connectivity index (χ2v) is 10.9. The fourth-order valence-electron chi connectivity index (χ4n) is 5.97. The van der Waals surface area contributed by atoms with Crippen LogP contribution < -0.4 is 10.2 Å². The Morgan fingerprint density at radius 3 is 2.21 bits per heavy atom. The molecule has 0 atom stereocenters. The zero-order valence-corrected chi connectivity index (χ0v) is 22.3. The molecule has 202 valence electrons. The van der Waals surface area contributed by atoms with Gasteiger partial charge >= 0.3 is 0 Å². The number of benzene rings is 3. The highest BCUT2D eigenvalue weighted by Crippen LogP contribution is 2.28. The average Bonchev–Trinajstić information content (AvgIpc) is 3.34. The average molecular weight is 526 g/mol. The largest absolute Gasteiger partial charge is 0.353 e. The number of hydrogen-bond donors (Lipinski definition) is 1. The maximum absolute atomic E-state index is 13.5. The molecule has 2 saturated heterocycles. The number of carbonyl (C=O) groups excluding carboxylic acids is 1. The van der Waals surface area contributed by atoms with E-state index < -0.39 is 0 Å². The minimum Gasteiger partial charge on any atom is -0.353 e. The first kappa shape index (κ1) is 25.6. The first-order valence-electron chi connectivity index (χ1n) is 14.1. The van der Waals surface area contributed by atoms with Crippen LogP contribution in [0.15, 0.2) is 78.9 Å². The maximum atomic E-state index is 13.5. The Morgan fingerprint density at radius 2 is 1.46 bits per heavy atom. The molecule has 2 aliphatic heterocycles. The summed E-state index contributed by atoms with van der Waals surface area (Å²) in [6.45, 7) is 5.22. The molecule has 6 nitrogen and oxygen atoms in total. The van der Waals surface area contributed by atoms with Gasteiger partial charge in [-0.15, -0.1) is 0 Å². The number of para-hydroxylation sites is 2. The number of piperidine rings is 2. The molecule has 0 radical (unpaired) electrons. The summed E-state index contributed by atoms with van der Waals surface area (Å²) in [6.07, 6.45) is 3.65. The van der Waals surface area contributed by atoms with Crippen LogP contribution in [0.25, 0.3) is 11.0 Å². The molecule has 0 aliphatic carbocycles. The number of hydrogen-bond acceptors (Lipinski definition) is 4. The molecular weight excluding hydrogens is 489 g/mol. The van der Waals surface area contributed by atoms with E-state index in [0.29, 0.717) is 6.54 Å². The van der Waals surface area contributed by atoms with Gasteiger partial charge in [-0.2, -0.15) is 0 Å². The SMILES string of the molecule is O=C(NC1CCN(Cc2ccccc2)CC1)C1CCN(c2nc3ccccc3n2Cc2ccc(F)cc2)CC1. The van der Waals surface area contributed by atoms with Crippen LogP contribution in [-0.2, 0) is 17.9 Å². The van der Waals surface area contributed by atoms with Crippen LogP contribution in [-0.4, -0.2) is 52.6 Å². The van der Waals surface area contributed by atoms with E-state index in [4.69, 9.17) is 4.98 Å². The third-order valence-corrected chi connectivity index (χ3v) is 8.22. The third kappa shape index (κ3) is 5.98. The van der Waals surface area contributed by atoms with Crippen LogP contribution in [0.5, 0.6) is 0 Å². The Labute approximate surface area is 229 Å². The molecule has 3 aromatic carbocycles. The van der Waals surface area contributed by atoms with Gasteiger partial charge in [0.1, 0.15) is 5.82 Å². The predicted octanol–water partition coefficient (Wildman–Crippen LogP) is 5.22. The van der Waals surface area contributed by atoms with Crippen LogP contribution in [0.2, 0.25) is 0 Å². The molecule has 39 heavy (non-hydrogen) atoms. The molecule has 7 heteroatoms. The molecule has 0 saturated carbocycles. The van der Waals surface area contributed by atoms with Crippen molar-refractivity contribution in [3.8, 4) is 0 Å². The van der Waals surface area contributed by atoms with Crippen LogP contribution in [0.1, 0.15) is 36.8 Å². The van der Waals surface area contributed by atoms with Crippen molar-refractivity contribution in [3.05, 3.63) is 95.8 Å². The van der Waals surface area contributed by atoms with E-state index in [2.05, 4.69) is 56.1 Å². The number of carbonyl (C=O) groups is 1. The van der Waals surface area contributed by atoms with Gasteiger partial charge in [-0.3, -0.25) is 9.69 Å². The lowest BCUT2D eigenvalue weighted by molar-refractivity contribution is -0.126. The lowest BCUT2D eigenvalue weighted by Crippen LogP contribution is -2.48. The lowest BCUT2D eigenvalue weighted by atomic mass is 9.94. The Hall–Kier alpha value is -3.71. The quantitative estimate of drug-likeness (QED) is 0.360. The molecule has 3 heterocycles. The number of likely N-dealkylation sites (tertiary alicyclic amines) is 1. The highest BCUT2D eigenvalue weighted by atomic mass is 19.1. The van der Waals surface area contributed by atoms with E-state index in [1.165, 1.54) is 17.7 Å². The third-order valence-electron chi connectivity index (χ3n) is 8.22. The molecule has 0 spiro atoms. The topological polar surface area (TPSA) is 53.4 Å². The van der Waals surface area contributed by atoms with Crippen molar-refractivity contribution < 1.29 is 9.18 Å². The summed E-state index contributed by atoms with van der Waals surface area (Å²) in [5.74, 6) is 0.937. The van der Waals surface area contributed by atoms with Gasteiger partial charge in [0.2, 0.25) is 11.9 Å². The first-order chi connectivity index (χ1) is 19.1. The zero-order valence-electron chi connectivity index (χ0n) is 22.3. The van der Waals surface area contributed by atoms with Gasteiger partial charge in [0.05, 0.1) is 17.6 Å². The standard InChI is InChI=1S/C32H36FN5O/c33-27-12-10-25(11-13-27)23-38-30-9-5-4-8-29(30)35-32(38)37-20-14-26(15-21-37)31(39)34-28-16-18-36(19-17-28)22-24-6-2-1-3-7-24/h1-13,26,28H,14-23H2,(H,34,39). The number of imidazole rings is 1. The van der Waals surface area contributed by atoms with E-state index in [-0.39, 0.29) is 23.7 Å². The van der Waals surface area contributed by atoms with Gasteiger partial charge in [0.25, 0.3) is 0 Å². The van der Waals surface area contributed by atoms with E-state index >= 15 is 0 Å². The van der Waals surface area contributed by atoms with Crippen molar-refractivity contribution in [1.82, 2.24) is 19.8 Å². The summed E-state index contributed by atoms with van der Waals surface area (Å²) in [6, 6.07) is 25.7. The number of rotatable bonds is 7. The van der Waals surface area contributed by atoms with Crippen molar-refractivity contribution in [3.63, 3.8) is 0 Å². The van der Waals surface area contributed by atoms with Gasteiger partial charge in [0.15, 0.2) is 0 Å². The predicted molar refractivity (Wildman–Crippen MR) is 153 cm³/mol. The molecule has 6 rings (SSSR count). The van der Waals surface area contributed by atoms with Gasteiger partial charge in [0, 0.05) is 44.7 Å². The molecule has 4 aromatic rings. The molecule has 1 N–H and O–H groups in total. The number of aromatic nitrogens is 2. The Balaban J connectivity index is 1.05. The van der Waals surface area contributed by atoms with Crippen molar-refractivity contribution in [2.75, 3.05) is 31.1 Å². The van der Waals surface area contributed by atoms with Crippen LogP contribution in [0, 0.1) is 11.7 Å². The molecule has 2 fully saturated rings. The summed E-state index contributed by atoms with van der Waals surface area (Å²) >= 11 is 0. The number of nitrogens with one attached hydrogen (secondary N) is 1. The maximum Gasteiger partial charge on any atom is 0.223 e. The molecule has 1 aromatic heterocycles. The minimum absolute atomic E-state index is 0.0403. The number of nitrogens with zero attached hydrogens (tertiary/aromatic N) is 4. The number of halogens is 1. The van der Waals surface area contributed by atoms with E-state index in [0.717, 1.165) is 81.0 Å². The summed E-state index contributed by atoms with van der Waals surface area (Å²) in [5.41, 5.74) is 4.39. The monoisotopic (exact) mass is 525 g/mol. The molecule has 0 unspecified atom stereocenters. The first-order valence-corrected chi connectivity index (χ1v) is 14.1. The van der Waals surface area contributed by atoms with Gasteiger partial charge < -0.3 is 14.8 Å². The van der Waals surface area contributed by atoms with Crippen molar-refractivity contribution in [2.24, 2.45) is 5.92 Å². The van der Waals surface area contributed by atoms with E-state index in [1.54, 1.807) is 0 Å². The molecule has 0 bridgehead atoms. The van der Waals surface area contributed by atoms with E-state index in [9.17, 15) is 9.18 Å². The Morgan fingerprint density at radius 1 is 0.795 bits per heavy atom. The second kappa shape index (κ2) is 11.6. The van der Waals surface area contributed by atoms with Crippen LogP contribution in [0.4, 0.5) is 10.3 Å². The van der Waals surface area contributed by atoms with Gasteiger partial charge in [-0.25, -0.2) is 9.37 Å². The summed E-state index contributed by atoms with van der Waals surface area (Å²) < 4.78 is 15.7. The van der Waals surface area contributed by atoms with Crippen LogP contribution in [0.3, 0.4) is 0 Å². The van der Waals surface area contributed by atoms with Gasteiger partial charge in [-0.05, 0) is 61.1 Å². The van der Waals surface area contributed by atoms with Gasteiger partial charge in [-0.1, -0.05) is 54.6 Å². The van der Waals surface area contributed by atoms with E-state index in [1.807, 2.05) is 30.3 Å². The highest BCUT2D eigenvalue weighted by Gasteiger charge is 2.30. The van der Waals surface area contributed by atoms with Crippen molar-refractivity contribution in [2.45, 2.75) is 44.8 Å². The second-order valence-electron chi connectivity index (χ2n) is 10.9. The number of anilines is 1. The minimum atomic E-state index is -0.229. The molecular formula is C32H36FN5O. The highest BCUT2D eigenvalue weighted by molar-refractivity contribution is 5.80. The molecule has 1 amide bonds. The van der Waals surface area contributed by atoms with Crippen molar-refractivity contribution in [1.29, 1.82) is 0 Å². The smallest absolute Gasteiger partial charge is 0.223 e.